The molecule has 2 aromatic carbocycles. The minimum atomic E-state index is -0.304. The summed E-state index contributed by atoms with van der Waals surface area (Å²) in [6.07, 6.45) is 1.79. The van der Waals surface area contributed by atoms with Crippen molar-refractivity contribution in [3.8, 4) is 0 Å². The van der Waals surface area contributed by atoms with E-state index in [2.05, 4.69) is 5.32 Å². The zero-order valence-electron chi connectivity index (χ0n) is 11.6. The first-order chi connectivity index (χ1) is 10.1. The fourth-order valence-corrected chi connectivity index (χ4v) is 2.35. The number of nitrogens with one attached hydrogen (secondary N) is 1. The number of halogens is 1. The fraction of sp³-hybridized carbons (Fsp3) is 0.118. The minimum Gasteiger partial charge on any atom is -0.338 e. The Morgan fingerprint density at radius 3 is 2.81 bits per heavy atom. The zero-order chi connectivity index (χ0) is 14.8. The molecule has 0 unspecified atom stereocenters. The van der Waals surface area contributed by atoms with Crippen LogP contribution in [-0.2, 0) is 11.3 Å². The second kappa shape index (κ2) is 5.40. The third kappa shape index (κ3) is 2.79. The van der Waals surface area contributed by atoms with Crippen LogP contribution in [0.1, 0.15) is 5.56 Å². The van der Waals surface area contributed by atoms with Gasteiger partial charge in [-0.15, -0.1) is 0 Å². The number of amides is 1. The van der Waals surface area contributed by atoms with Gasteiger partial charge in [-0.2, -0.15) is 0 Å². The summed E-state index contributed by atoms with van der Waals surface area (Å²) in [5.74, 6) is -0.437. The quantitative estimate of drug-likeness (QED) is 0.780. The second-order valence-corrected chi connectivity index (χ2v) is 5.01. The van der Waals surface area contributed by atoms with Crippen LogP contribution in [0.2, 0.25) is 0 Å². The minimum absolute atomic E-state index is 0.133. The Morgan fingerprint density at radius 2 is 2.00 bits per heavy atom. The lowest BCUT2D eigenvalue weighted by atomic mass is 10.2. The van der Waals surface area contributed by atoms with Gasteiger partial charge in [0.05, 0.1) is 5.52 Å². The van der Waals surface area contributed by atoms with Crippen LogP contribution in [0.5, 0.6) is 0 Å². The van der Waals surface area contributed by atoms with E-state index in [1.54, 1.807) is 16.8 Å². The molecule has 0 fully saturated rings. The SMILES string of the molecule is Cc1ccccc1NC(=O)Cn1ccc2ccc(F)cc21. The highest BCUT2D eigenvalue weighted by molar-refractivity contribution is 5.92. The van der Waals surface area contributed by atoms with Crippen molar-refractivity contribution in [2.45, 2.75) is 13.5 Å². The number of benzene rings is 2. The highest BCUT2D eigenvalue weighted by Crippen LogP contribution is 2.18. The van der Waals surface area contributed by atoms with Crippen LogP contribution < -0.4 is 5.32 Å². The molecule has 0 aliphatic rings. The number of rotatable bonds is 3. The number of fused-ring (bicyclic) bond motifs is 1. The molecule has 0 saturated carbocycles. The number of hydrogen-bond donors (Lipinski definition) is 1. The summed E-state index contributed by atoms with van der Waals surface area (Å²) in [5, 5.41) is 3.79. The molecule has 0 radical (unpaired) electrons. The van der Waals surface area contributed by atoms with Gasteiger partial charge in [-0.3, -0.25) is 4.79 Å². The second-order valence-electron chi connectivity index (χ2n) is 5.01. The molecule has 0 atom stereocenters. The molecule has 0 saturated heterocycles. The Hall–Kier alpha value is -2.62. The van der Waals surface area contributed by atoms with Crippen molar-refractivity contribution in [3.63, 3.8) is 0 Å². The number of aromatic nitrogens is 1. The molecular formula is C17H15FN2O. The summed E-state index contributed by atoms with van der Waals surface area (Å²) in [6, 6.07) is 14.0. The molecule has 4 heteroatoms. The van der Waals surface area contributed by atoms with E-state index in [4.69, 9.17) is 0 Å². The maximum Gasteiger partial charge on any atom is 0.244 e. The monoisotopic (exact) mass is 282 g/mol. The summed E-state index contributed by atoms with van der Waals surface area (Å²) in [6.45, 7) is 2.09. The Labute approximate surface area is 122 Å². The summed E-state index contributed by atoms with van der Waals surface area (Å²) >= 11 is 0. The smallest absolute Gasteiger partial charge is 0.244 e. The lowest BCUT2D eigenvalue weighted by Crippen LogP contribution is -2.18. The van der Waals surface area contributed by atoms with Gasteiger partial charge in [0.25, 0.3) is 0 Å². The first kappa shape index (κ1) is 13.4. The predicted molar refractivity (Wildman–Crippen MR) is 81.7 cm³/mol. The van der Waals surface area contributed by atoms with E-state index in [0.29, 0.717) is 0 Å². The van der Waals surface area contributed by atoms with Gasteiger partial charge < -0.3 is 9.88 Å². The Kier molecular flexibility index (Phi) is 3.44. The van der Waals surface area contributed by atoms with Crippen LogP contribution in [0.25, 0.3) is 10.9 Å². The Balaban J connectivity index is 1.80. The lowest BCUT2D eigenvalue weighted by molar-refractivity contribution is -0.116. The highest BCUT2D eigenvalue weighted by atomic mass is 19.1. The maximum absolute atomic E-state index is 13.3. The molecule has 0 spiro atoms. The van der Waals surface area contributed by atoms with Crippen molar-refractivity contribution < 1.29 is 9.18 Å². The molecule has 1 aromatic heterocycles. The average Bonchev–Trinajstić information content (AvgIpc) is 2.84. The first-order valence-electron chi connectivity index (χ1n) is 6.73. The zero-order valence-corrected chi connectivity index (χ0v) is 11.6. The topological polar surface area (TPSA) is 34.0 Å². The molecule has 3 nitrogen and oxygen atoms in total. The number of carbonyl (C=O) groups is 1. The summed E-state index contributed by atoms with van der Waals surface area (Å²) in [5.41, 5.74) is 2.52. The molecular weight excluding hydrogens is 267 g/mol. The van der Waals surface area contributed by atoms with E-state index >= 15 is 0 Å². The predicted octanol–water partition coefficient (Wildman–Crippen LogP) is 3.73. The van der Waals surface area contributed by atoms with E-state index in [9.17, 15) is 9.18 Å². The number of aryl methyl sites for hydroxylation is 1. The number of para-hydroxylation sites is 1. The Morgan fingerprint density at radius 1 is 1.19 bits per heavy atom. The van der Waals surface area contributed by atoms with Gasteiger partial charge in [0.15, 0.2) is 0 Å². The summed E-state index contributed by atoms with van der Waals surface area (Å²) in [4.78, 5) is 12.1. The van der Waals surface area contributed by atoms with Crippen molar-refractivity contribution in [2.24, 2.45) is 0 Å². The standard InChI is InChI=1S/C17H15FN2O/c1-12-4-2-3-5-15(12)19-17(21)11-20-9-8-13-6-7-14(18)10-16(13)20/h2-10H,11H2,1H3,(H,19,21). The highest BCUT2D eigenvalue weighted by Gasteiger charge is 2.08. The van der Waals surface area contributed by atoms with Crippen molar-refractivity contribution >= 4 is 22.5 Å². The molecule has 106 valence electrons. The fourth-order valence-electron chi connectivity index (χ4n) is 2.35. The summed E-state index contributed by atoms with van der Waals surface area (Å²) < 4.78 is 15.1. The van der Waals surface area contributed by atoms with Gasteiger partial charge in [-0.05, 0) is 48.2 Å². The van der Waals surface area contributed by atoms with E-state index in [1.807, 2.05) is 37.3 Å². The maximum atomic E-state index is 13.3. The summed E-state index contributed by atoms with van der Waals surface area (Å²) in [7, 11) is 0. The largest absolute Gasteiger partial charge is 0.338 e. The molecule has 1 amide bonds. The van der Waals surface area contributed by atoms with Gasteiger partial charge in [0, 0.05) is 11.9 Å². The van der Waals surface area contributed by atoms with Crippen LogP contribution >= 0.6 is 0 Å². The molecule has 0 bridgehead atoms. The van der Waals surface area contributed by atoms with Gasteiger partial charge in [-0.25, -0.2) is 4.39 Å². The van der Waals surface area contributed by atoms with Crippen LogP contribution in [0.4, 0.5) is 10.1 Å². The molecule has 3 rings (SSSR count). The number of hydrogen-bond acceptors (Lipinski definition) is 1. The van der Waals surface area contributed by atoms with E-state index < -0.39 is 0 Å². The normalized spacial score (nSPS) is 10.8. The van der Waals surface area contributed by atoms with Crippen LogP contribution in [0.3, 0.4) is 0 Å². The average molecular weight is 282 g/mol. The van der Waals surface area contributed by atoms with Crippen molar-refractivity contribution in [3.05, 3.63) is 66.1 Å². The molecule has 1 heterocycles. The van der Waals surface area contributed by atoms with Gasteiger partial charge in [-0.1, -0.05) is 18.2 Å². The van der Waals surface area contributed by atoms with Crippen LogP contribution in [-0.4, -0.2) is 10.5 Å². The third-order valence-corrected chi connectivity index (χ3v) is 3.47. The van der Waals surface area contributed by atoms with Gasteiger partial charge in [0.2, 0.25) is 5.91 Å². The third-order valence-electron chi connectivity index (χ3n) is 3.47. The number of carbonyl (C=O) groups excluding carboxylic acids is 1. The van der Waals surface area contributed by atoms with Crippen LogP contribution in [0.15, 0.2) is 54.7 Å². The lowest BCUT2D eigenvalue weighted by Gasteiger charge is -2.09. The number of nitrogens with zero attached hydrogens (tertiary/aromatic N) is 1. The molecule has 0 aliphatic heterocycles. The van der Waals surface area contributed by atoms with E-state index in [1.165, 1.54) is 12.1 Å². The van der Waals surface area contributed by atoms with E-state index in [0.717, 1.165) is 22.2 Å². The van der Waals surface area contributed by atoms with Crippen LogP contribution in [0, 0.1) is 12.7 Å². The molecule has 0 aliphatic carbocycles. The van der Waals surface area contributed by atoms with Crippen molar-refractivity contribution in [2.75, 3.05) is 5.32 Å². The number of anilines is 1. The van der Waals surface area contributed by atoms with E-state index in [-0.39, 0.29) is 18.3 Å². The molecule has 21 heavy (non-hydrogen) atoms. The van der Waals surface area contributed by atoms with Crippen molar-refractivity contribution in [1.82, 2.24) is 4.57 Å². The van der Waals surface area contributed by atoms with Gasteiger partial charge >= 0.3 is 0 Å². The van der Waals surface area contributed by atoms with Crippen molar-refractivity contribution in [1.29, 1.82) is 0 Å². The molecule has 3 aromatic rings. The first-order valence-corrected chi connectivity index (χ1v) is 6.73. The van der Waals surface area contributed by atoms with Gasteiger partial charge in [0.1, 0.15) is 12.4 Å². The molecule has 1 N–H and O–H groups in total. The Bertz CT molecular complexity index is 807.